The number of nitrogens with one attached hydrogen (secondary N) is 1. The molecule has 3 aromatic heterocycles. The molecule has 0 fully saturated rings. The first kappa shape index (κ1) is 18.5. The van der Waals surface area contributed by atoms with Crippen LogP contribution in [0.15, 0.2) is 51.8 Å². The number of benzene rings is 1. The summed E-state index contributed by atoms with van der Waals surface area (Å²) in [7, 11) is 1.49. The normalized spacial score (nSPS) is 11.0. The van der Waals surface area contributed by atoms with Gasteiger partial charge in [-0.3, -0.25) is 0 Å². The Kier molecular flexibility index (Phi) is 4.67. The van der Waals surface area contributed by atoms with Gasteiger partial charge in [-0.05, 0) is 37.3 Å². The highest BCUT2D eigenvalue weighted by Crippen LogP contribution is 2.19. The second-order valence-corrected chi connectivity index (χ2v) is 6.34. The molecule has 4 aromatic rings. The van der Waals surface area contributed by atoms with Gasteiger partial charge in [0.25, 0.3) is 5.89 Å². The van der Waals surface area contributed by atoms with E-state index in [2.05, 4.69) is 20.5 Å². The molecule has 148 valence electrons. The SMILES string of the molecule is Cc1cc(-c2nn(C)c(=O)o2)nn1-c1ccc(NCc2c(F)cccc2F)cn1. The van der Waals surface area contributed by atoms with E-state index >= 15 is 0 Å². The molecule has 0 aliphatic heterocycles. The summed E-state index contributed by atoms with van der Waals surface area (Å²) >= 11 is 0. The van der Waals surface area contributed by atoms with E-state index in [4.69, 9.17) is 4.42 Å². The lowest BCUT2D eigenvalue weighted by Gasteiger charge is -2.09. The molecule has 0 radical (unpaired) electrons. The fourth-order valence-corrected chi connectivity index (χ4v) is 2.77. The number of halogens is 2. The lowest BCUT2D eigenvalue weighted by Crippen LogP contribution is -2.09. The molecule has 0 unspecified atom stereocenters. The topological polar surface area (TPSA) is 90.8 Å². The standard InChI is InChI=1S/C19H16F2N6O2/c1-11-8-16(18-25-26(2)19(28)29-18)24-27(11)17-7-6-12(9-23-17)22-10-13-14(20)4-3-5-15(13)21/h3-9,22H,10H2,1-2H3. The highest BCUT2D eigenvalue weighted by Gasteiger charge is 2.15. The van der Waals surface area contributed by atoms with Crippen molar-refractivity contribution in [2.75, 3.05) is 5.32 Å². The van der Waals surface area contributed by atoms with Crippen LogP contribution in [0.3, 0.4) is 0 Å². The summed E-state index contributed by atoms with van der Waals surface area (Å²) in [5.74, 6) is -1.16. The molecular weight excluding hydrogens is 382 g/mol. The minimum absolute atomic E-state index is 0.0107. The molecule has 0 saturated heterocycles. The number of pyridine rings is 1. The van der Waals surface area contributed by atoms with Crippen LogP contribution >= 0.6 is 0 Å². The number of hydrogen-bond donors (Lipinski definition) is 1. The number of aromatic nitrogens is 5. The minimum atomic E-state index is -0.608. The third-order valence-electron chi connectivity index (χ3n) is 4.29. The van der Waals surface area contributed by atoms with E-state index in [-0.39, 0.29) is 18.0 Å². The Bertz CT molecular complexity index is 1210. The van der Waals surface area contributed by atoms with Crippen LogP contribution in [0.4, 0.5) is 14.5 Å². The molecule has 0 aliphatic carbocycles. The zero-order valence-electron chi connectivity index (χ0n) is 15.6. The maximum atomic E-state index is 13.7. The zero-order chi connectivity index (χ0) is 20.5. The zero-order valence-corrected chi connectivity index (χ0v) is 15.6. The predicted molar refractivity (Wildman–Crippen MR) is 101 cm³/mol. The molecule has 0 amide bonds. The number of nitrogens with zero attached hydrogens (tertiary/aromatic N) is 5. The molecule has 0 aliphatic rings. The van der Waals surface area contributed by atoms with Gasteiger partial charge in [0.05, 0.1) is 11.9 Å². The molecule has 8 nitrogen and oxygen atoms in total. The predicted octanol–water partition coefficient (Wildman–Crippen LogP) is 2.82. The number of rotatable bonds is 5. The van der Waals surface area contributed by atoms with Crippen molar-refractivity contribution in [2.24, 2.45) is 7.05 Å². The van der Waals surface area contributed by atoms with Crippen molar-refractivity contribution < 1.29 is 13.2 Å². The first-order valence-corrected chi connectivity index (χ1v) is 8.67. The fourth-order valence-electron chi connectivity index (χ4n) is 2.77. The molecule has 0 saturated carbocycles. The van der Waals surface area contributed by atoms with Crippen LogP contribution in [0.25, 0.3) is 17.4 Å². The Balaban J connectivity index is 1.53. The number of anilines is 1. The van der Waals surface area contributed by atoms with Crippen molar-refractivity contribution in [3.63, 3.8) is 0 Å². The van der Waals surface area contributed by atoms with Gasteiger partial charge in [0.2, 0.25) is 0 Å². The van der Waals surface area contributed by atoms with Gasteiger partial charge in [0.1, 0.15) is 17.3 Å². The van der Waals surface area contributed by atoms with E-state index in [1.807, 2.05) is 6.92 Å². The number of aryl methyl sites for hydroxylation is 2. The lowest BCUT2D eigenvalue weighted by atomic mass is 10.2. The van der Waals surface area contributed by atoms with Crippen LogP contribution in [-0.2, 0) is 13.6 Å². The van der Waals surface area contributed by atoms with Gasteiger partial charge in [-0.15, -0.1) is 5.10 Å². The van der Waals surface area contributed by atoms with Gasteiger partial charge >= 0.3 is 5.76 Å². The second-order valence-electron chi connectivity index (χ2n) is 6.34. The van der Waals surface area contributed by atoms with E-state index < -0.39 is 17.4 Å². The monoisotopic (exact) mass is 398 g/mol. The van der Waals surface area contributed by atoms with Gasteiger partial charge in [0, 0.05) is 24.8 Å². The lowest BCUT2D eigenvalue weighted by molar-refractivity contribution is 0.503. The summed E-state index contributed by atoms with van der Waals surface area (Å²) in [6.07, 6.45) is 1.54. The van der Waals surface area contributed by atoms with Crippen LogP contribution in [0.2, 0.25) is 0 Å². The summed E-state index contributed by atoms with van der Waals surface area (Å²) < 4.78 is 35.1. The van der Waals surface area contributed by atoms with E-state index in [9.17, 15) is 13.6 Å². The summed E-state index contributed by atoms with van der Waals surface area (Å²) in [4.78, 5) is 15.8. The maximum Gasteiger partial charge on any atom is 0.437 e. The molecule has 0 spiro atoms. The summed E-state index contributed by atoms with van der Waals surface area (Å²) in [6, 6.07) is 8.90. The highest BCUT2D eigenvalue weighted by molar-refractivity contribution is 5.49. The summed E-state index contributed by atoms with van der Waals surface area (Å²) in [6.45, 7) is 1.82. The first-order chi connectivity index (χ1) is 13.9. The fraction of sp³-hybridized carbons (Fsp3) is 0.158. The molecule has 1 N–H and O–H groups in total. The van der Waals surface area contributed by atoms with Gasteiger partial charge in [-0.2, -0.15) is 9.78 Å². The molecule has 0 atom stereocenters. The molecule has 29 heavy (non-hydrogen) atoms. The van der Waals surface area contributed by atoms with Crippen LogP contribution < -0.4 is 11.1 Å². The van der Waals surface area contributed by atoms with Gasteiger partial charge in [-0.1, -0.05) is 6.07 Å². The second kappa shape index (κ2) is 7.30. The van der Waals surface area contributed by atoms with E-state index in [0.717, 1.165) is 10.4 Å². The molecule has 0 bridgehead atoms. The molecule has 1 aromatic carbocycles. The van der Waals surface area contributed by atoms with Crippen LogP contribution in [0.5, 0.6) is 0 Å². The van der Waals surface area contributed by atoms with Crippen molar-refractivity contribution in [2.45, 2.75) is 13.5 Å². The van der Waals surface area contributed by atoms with Gasteiger partial charge in [0.15, 0.2) is 5.82 Å². The molecule has 3 heterocycles. The molecule has 4 rings (SSSR count). The smallest absolute Gasteiger partial charge is 0.386 e. The Hall–Kier alpha value is -3.82. The number of hydrogen-bond acceptors (Lipinski definition) is 6. The third kappa shape index (κ3) is 3.64. The van der Waals surface area contributed by atoms with Crippen molar-refractivity contribution in [1.82, 2.24) is 24.5 Å². The highest BCUT2D eigenvalue weighted by atomic mass is 19.1. The van der Waals surface area contributed by atoms with Crippen LogP contribution in [-0.4, -0.2) is 24.5 Å². The first-order valence-electron chi connectivity index (χ1n) is 8.67. The van der Waals surface area contributed by atoms with Crippen LogP contribution in [0, 0.1) is 18.6 Å². The van der Waals surface area contributed by atoms with Crippen molar-refractivity contribution in [3.8, 4) is 17.4 Å². The average molecular weight is 398 g/mol. The van der Waals surface area contributed by atoms with E-state index in [1.54, 1.807) is 22.9 Å². The Morgan fingerprint density at radius 1 is 1.14 bits per heavy atom. The van der Waals surface area contributed by atoms with E-state index in [1.165, 1.54) is 31.4 Å². The summed E-state index contributed by atoms with van der Waals surface area (Å²) in [5, 5.41) is 11.3. The largest absolute Gasteiger partial charge is 0.437 e. The Morgan fingerprint density at radius 2 is 1.90 bits per heavy atom. The molecular formula is C19H16F2N6O2. The molecule has 10 heteroatoms. The van der Waals surface area contributed by atoms with Gasteiger partial charge < -0.3 is 9.73 Å². The van der Waals surface area contributed by atoms with Crippen LogP contribution in [0.1, 0.15) is 11.3 Å². The third-order valence-corrected chi connectivity index (χ3v) is 4.29. The van der Waals surface area contributed by atoms with E-state index in [0.29, 0.717) is 17.2 Å². The summed E-state index contributed by atoms with van der Waals surface area (Å²) in [5.41, 5.74) is 1.72. The average Bonchev–Trinajstić information content (AvgIpc) is 3.24. The van der Waals surface area contributed by atoms with Crippen molar-refractivity contribution in [1.29, 1.82) is 0 Å². The Labute approximate surface area is 163 Å². The van der Waals surface area contributed by atoms with Crippen molar-refractivity contribution in [3.05, 3.63) is 76.0 Å². The Morgan fingerprint density at radius 3 is 2.52 bits per heavy atom. The quantitative estimate of drug-likeness (QED) is 0.556. The minimum Gasteiger partial charge on any atom is -0.386 e. The van der Waals surface area contributed by atoms with Crippen molar-refractivity contribution >= 4 is 5.69 Å². The maximum absolute atomic E-state index is 13.7. The van der Waals surface area contributed by atoms with Gasteiger partial charge in [-0.25, -0.2) is 23.2 Å².